The van der Waals surface area contributed by atoms with Gasteiger partial charge in [0.2, 0.25) is 0 Å². The summed E-state index contributed by atoms with van der Waals surface area (Å²) in [5.41, 5.74) is 2.10. The first-order valence-electron chi connectivity index (χ1n) is 6.24. The number of benzene rings is 1. The SMILES string of the molecule is [C-]#[N+]c1c(F)cc(C2CCOCC2)c2c1OCC2. The van der Waals surface area contributed by atoms with E-state index in [1.54, 1.807) is 0 Å². The molecule has 4 heteroatoms. The van der Waals surface area contributed by atoms with E-state index in [0.717, 1.165) is 43.6 Å². The number of rotatable bonds is 1. The minimum atomic E-state index is -0.452. The van der Waals surface area contributed by atoms with Crippen molar-refractivity contribution >= 4 is 5.69 Å². The maximum atomic E-state index is 13.9. The van der Waals surface area contributed by atoms with Crippen molar-refractivity contribution in [2.75, 3.05) is 19.8 Å². The third-order valence-electron chi connectivity index (χ3n) is 3.72. The van der Waals surface area contributed by atoms with Crippen LogP contribution in [0, 0.1) is 12.4 Å². The molecule has 2 heterocycles. The van der Waals surface area contributed by atoms with Gasteiger partial charge in [-0.1, -0.05) is 0 Å². The van der Waals surface area contributed by atoms with Gasteiger partial charge in [-0.3, -0.25) is 0 Å². The molecule has 0 radical (unpaired) electrons. The van der Waals surface area contributed by atoms with E-state index in [4.69, 9.17) is 16.0 Å². The molecule has 1 aromatic carbocycles. The third kappa shape index (κ3) is 1.75. The van der Waals surface area contributed by atoms with E-state index in [2.05, 4.69) is 4.85 Å². The second-order valence-corrected chi connectivity index (χ2v) is 4.70. The lowest BCUT2D eigenvalue weighted by Gasteiger charge is -2.24. The summed E-state index contributed by atoms with van der Waals surface area (Å²) < 4.78 is 24.7. The summed E-state index contributed by atoms with van der Waals surface area (Å²) in [6.45, 7) is 9.06. The monoisotopic (exact) mass is 247 g/mol. The van der Waals surface area contributed by atoms with Crippen molar-refractivity contribution in [2.24, 2.45) is 0 Å². The molecule has 0 saturated carbocycles. The normalized spacial score (nSPS) is 19.1. The molecular weight excluding hydrogens is 233 g/mol. The van der Waals surface area contributed by atoms with E-state index in [1.807, 2.05) is 0 Å². The van der Waals surface area contributed by atoms with Gasteiger partial charge >= 0.3 is 0 Å². The van der Waals surface area contributed by atoms with Crippen LogP contribution in [0.15, 0.2) is 6.07 Å². The summed E-state index contributed by atoms with van der Waals surface area (Å²) in [5, 5.41) is 0. The summed E-state index contributed by atoms with van der Waals surface area (Å²) >= 11 is 0. The number of fused-ring (bicyclic) bond motifs is 1. The van der Waals surface area contributed by atoms with Gasteiger partial charge in [-0.2, -0.15) is 0 Å². The van der Waals surface area contributed by atoms with Crippen molar-refractivity contribution in [3.8, 4) is 5.75 Å². The second kappa shape index (κ2) is 4.58. The molecule has 0 spiro atoms. The zero-order valence-electron chi connectivity index (χ0n) is 10.0. The number of ether oxygens (including phenoxy) is 2. The van der Waals surface area contributed by atoms with Gasteiger partial charge in [-0.25, -0.2) is 9.24 Å². The van der Waals surface area contributed by atoms with Gasteiger partial charge in [0.25, 0.3) is 5.69 Å². The Bertz CT molecular complexity index is 516. The van der Waals surface area contributed by atoms with E-state index in [-0.39, 0.29) is 5.69 Å². The molecule has 0 unspecified atom stereocenters. The smallest absolute Gasteiger partial charge is 0.263 e. The summed E-state index contributed by atoms with van der Waals surface area (Å²) in [5.74, 6) is 0.363. The van der Waals surface area contributed by atoms with Crippen LogP contribution in [0.4, 0.5) is 10.1 Å². The number of hydrogen-bond donors (Lipinski definition) is 0. The maximum absolute atomic E-state index is 13.9. The van der Waals surface area contributed by atoms with Crippen LogP contribution in [0.5, 0.6) is 5.75 Å². The second-order valence-electron chi connectivity index (χ2n) is 4.70. The van der Waals surface area contributed by atoms with Crippen molar-refractivity contribution in [3.63, 3.8) is 0 Å². The van der Waals surface area contributed by atoms with E-state index in [9.17, 15) is 4.39 Å². The van der Waals surface area contributed by atoms with Crippen LogP contribution in [0.2, 0.25) is 0 Å². The molecule has 0 aromatic heterocycles. The van der Waals surface area contributed by atoms with Crippen molar-refractivity contribution in [2.45, 2.75) is 25.2 Å². The Morgan fingerprint density at radius 3 is 2.78 bits per heavy atom. The van der Waals surface area contributed by atoms with Gasteiger partial charge in [0.05, 0.1) is 13.2 Å². The highest BCUT2D eigenvalue weighted by atomic mass is 19.1. The molecule has 0 N–H and O–H groups in total. The molecule has 94 valence electrons. The highest BCUT2D eigenvalue weighted by Gasteiger charge is 2.28. The Labute approximate surface area is 105 Å². The fraction of sp³-hybridized carbons (Fsp3) is 0.500. The number of hydrogen-bond acceptors (Lipinski definition) is 2. The zero-order chi connectivity index (χ0) is 12.5. The van der Waals surface area contributed by atoms with Crippen molar-refractivity contribution in [3.05, 3.63) is 34.4 Å². The van der Waals surface area contributed by atoms with Crippen LogP contribution >= 0.6 is 0 Å². The summed E-state index contributed by atoms with van der Waals surface area (Å²) in [6, 6.07) is 1.54. The Hall–Kier alpha value is -1.60. The minimum absolute atomic E-state index is 0.0401. The molecule has 1 aromatic rings. The van der Waals surface area contributed by atoms with E-state index in [0.29, 0.717) is 18.3 Å². The average Bonchev–Trinajstić information content (AvgIpc) is 2.88. The molecule has 18 heavy (non-hydrogen) atoms. The Balaban J connectivity index is 2.08. The fourth-order valence-corrected chi connectivity index (χ4v) is 2.82. The highest BCUT2D eigenvalue weighted by Crippen LogP contribution is 2.44. The average molecular weight is 247 g/mol. The molecule has 0 bridgehead atoms. The lowest BCUT2D eigenvalue weighted by Crippen LogP contribution is -2.15. The first kappa shape index (κ1) is 11.5. The molecule has 0 amide bonds. The van der Waals surface area contributed by atoms with Crippen molar-refractivity contribution < 1.29 is 13.9 Å². The standard InChI is InChI=1S/C14H14FNO2/c1-16-13-12(15)8-11(9-2-5-17-6-3-9)10-4-7-18-14(10)13/h8-9H,2-7H2. The van der Waals surface area contributed by atoms with Gasteiger partial charge < -0.3 is 9.47 Å². The predicted molar refractivity (Wildman–Crippen MR) is 64.7 cm³/mol. The highest BCUT2D eigenvalue weighted by molar-refractivity contribution is 5.66. The fourth-order valence-electron chi connectivity index (χ4n) is 2.82. The van der Waals surface area contributed by atoms with E-state index < -0.39 is 5.82 Å². The molecule has 2 aliphatic rings. The van der Waals surface area contributed by atoms with Crippen LogP contribution in [0.25, 0.3) is 4.85 Å². The topological polar surface area (TPSA) is 22.8 Å². The van der Waals surface area contributed by atoms with E-state index in [1.165, 1.54) is 6.07 Å². The zero-order valence-corrected chi connectivity index (χ0v) is 10.0. The third-order valence-corrected chi connectivity index (χ3v) is 3.72. The summed E-state index contributed by atoms with van der Waals surface area (Å²) in [6.07, 6.45) is 2.62. The molecule has 3 rings (SSSR count). The van der Waals surface area contributed by atoms with Gasteiger partial charge in [0.15, 0.2) is 0 Å². The molecule has 1 fully saturated rings. The van der Waals surface area contributed by atoms with Crippen LogP contribution in [0.1, 0.15) is 29.9 Å². The minimum Gasteiger partial charge on any atom is -0.504 e. The van der Waals surface area contributed by atoms with Crippen LogP contribution in [0.3, 0.4) is 0 Å². The van der Waals surface area contributed by atoms with Crippen molar-refractivity contribution in [1.29, 1.82) is 0 Å². The number of nitrogens with zero attached hydrogens (tertiary/aromatic N) is 1. The Kier molecular flexibility index (Phi) is 2.92. The summed E-state index contributed by atoms with van der Waals surface area (Å²) in [7, 11) is 0. The van der Waals surface area contributed by atoms with E-state index >= 15 is 0 Å². The van der Waals surface area contributed by atoms with Crippen LogP contribution < -0.4 is 4.74 Å². The predicted octanol–water partition coefficient (Wildman–Crippen LogP) is 3.21. The number of halogens is 1. The van der Waals surface area contributed by atoms with Crippen LogP contribution in [-0.2, 0) is 11.2 Å². The summed E-state index contributed by atoms with van der Waals surface area (Å²) in [4.78, 5) is 3.25. The maximum Gasteiger partial charge on any atom is 0.263 e. The Morgan fingerprint density at radius 1 is 1.28 bits per heavy atom. The molecule has 3 nitrogen and oxygen atoms in total. The van der Waals surface area contributed by atoms with Gasteiger partial charge in [0, 0.05) is 19.6 Å². The van der Waals surface area contributed by atoms with Gasteiger partial charge in [-0.15, -0.1) is 0 Å². The molecule has 0 aliphatic carbocycles. The molecule has 2 aliphatic heterocycles. The van der Waals surface area contributed by atoms with Gasteiger partial charge in [0.1, 0.15) is 11.6 Å². The Morgan fingerprint density at radius 2 is 2.06 bits per heavy atom. The largest absolute Gasteiger partial charge is 0.504 e. The first-order chi connectivity index (χ1) is 8.81. The molecular formula is C14H14FNO2. The molecule has 1 saturated heterocycles. The van der Waals surface area contributed by atoms with Crippen LogP contribution in [-0.4, -0.2) is 19.8 Å². The van der Waals surface area contributed by atoms with Gasteiger partial charge in [-0.05, 0) is 36.0 Å². The quantitative estimate of drug-likeness (QED) is 0.711. The first-order valence-corrected chi connectivity index (χ1v) is 6.24. The van der Waals surface area contributed by atoms with Crippen molar-refractivity contribution in [1.82, 2.24) is 0 Å². The lowest BCUT2D eigenvalue weighted by molar-refractivity contribution is 0.0851. The lowest BCUT2D eigenvalue weighted by atomic mass is 9.87. The molecule has 0 atom stereocenters.